The molecule has 1 heterocycles. The Hall–Kier alpha value is -2.72. The predicted octanol–water partition coefficient (Wildman–Crippen LogP) is 4.29. The third kappa shape index (κ3) is 2.37. The van der Waals surface area contributed by atoms with Gasteiger partial charge in [-0.1, -0.05) is 24.3 Å². The fourth-order valence-electron chi connectivity index (χ4n) is 2.69. The molecular weight excluding hydrogens is 304 g/mol. The van der Waals surface area contributed by atoms with Crippen LogP contribution in [0, 0.1) is 0 Å². The molecule has 0 bridgehead atoms. The van der Waals surface area contributed by atoms with Gasteiger partial charge in [0, 0.05) is 21.4 Å². The van der Waals surface area contributed by atoms with Crippen LogP contribution >= 0.6 is 11.9 Å². The number of anilines is 1. The van der Waals surface area contributed by atoms with E-state index in [-0.39, 0.29) is 5.43 Å². The highest BCUT2D eigenvalue weighted by atomic mass is 32.2. The van der Waals surface area contributed by atoms with Crippen LogP contribution in [0.1, 0.15) is 0 Å². The molecule has 0 aliphatic carbocycles. The van der Waals surface area contributed by atoms with Gasteiger partial charge in [0.1, 0.15) is 0 Å². The van der Waals surface area contributed by atoms with Crippen LogP contribution in [0.5, 0.6) is 0 Å². The first kappa shape index (κ1) is 13.9. The summed E-state index contributed by atoms with van der Waals surface area (Å²) in [7, 11) is 0. The van der Waals surface area contributed by atoms with Crippen LogP contribution in [-0.4, -0.2) is 3.97 Å². The Morgan fingerprint density at radius 3 is 1.83 bits per heavy atom. The molecule has 2 N–H and O–H groups in total. The summed E-state index contributed by atoms with van der Waals surface area (Å²) >= 11 is 1.59. The number of nitrogens with zero attached hydrogens (tertiary/aromatic N) is 1. The van der Waals surface area contributed by atoms with Crippen molar-refractivity contribution in [2.45, 2.75) is 4.90 Å². The molecule has 23 heavy (non-hydrogen) atoms. The number of hydrogen-bond acceptors (Lipinski definition) is 3. The highest BCUT2D eigenvalue weighted by molar-refractivity contribution is 7.98. The van der Waals surface area contributed by atoms with Crippen LogP contribution in [0.15, 0.2) is 82.5 Å². The number of nitrogens with two attached hydrogens (primary N) is 1. The van der Waals surface area contributed by atoms with E-state index in [9.17, 15) is 4.79 Å². The van der Waals surface area contributed by atoms with Crippen LogP contribution in [0.4, 0.5) is 5.69 Å². The number of nitrogen functional groups attached to an aromatic ring is 1. The Morgan fingerprint density at radius 1 is 0.739 bits per heavy atom. The Morgan fingerprint density at radius 2 is 1.26 bits per heavy atom. The first-order valence-corrected chi connectivity index (χ1v) is 8.08. The monoisotopic (exact) mass is 318 g/mol. The number of pyridine rings is 1. The van der Waals surface area contributed by atoms with Crippen molar-refractivity contribution >= 4 is 39.4 Å². The summed E-state index contributed by atoms with van der Waals surface area (Å²) in [6.07, 6.45) is 0. The molecule has 112 valence electrons. The van der Waals surface area contributed by atoms with Gasteiger partial charge in [0.2, 0.25) is 0 Å². The Kier molecular flexibility index (Phi) is 3.32. The molecule has 0 aliphatic rings. The first-order chi connectivity index (χ1) is 11.2. The Balaban J connectivity index is 2.04. The first-order valence-electron chi connectivity index (χ1n) is 7.30. The van der Waals surface area contributed by atoms with E-state index < -0.39 is 0 Å². The normalized spacial score (nSPS) is 11.1. The minimum Gasteiger partial charge on any atom is -0.399 e. The topological polar surface area (TPSA) is 48.0 Å². The van der Waals surface area contributed by atoms with Gasteiger partial charge < -0.3 is 5.73 Å². The molecule has 0 unspecified atom stereocenters. The maximum Gasteiger partial charge on any atom is 0.197 e. The zero-order valence-corrected chi connectivity index (χ0v) is 13.1. The molecule has 1 aromatic heterocycles. The van der Waals surface area contributed by atoms with Gasteiger partial charge in [0.15, 0.2) is 5.43 Å². The van der Waals surface area contributed by atoms with Gasteiger partial charge in [0.05, 0.1) is 11.0 Å². The van der Waals surface area contributed by atoms with E-state index in [0.717, 1.165) is 32.4 Å². The van der Waals surface area contributed by atoms with E-state index in [1.807, 2.05) is 72.8 Å². The SMILES string of the molecule is Nc1ccc(Sn2c3ccccc3c(=O)c3ccccc32)cc1. The number of para-hydroxylation sites is 2. The van der Waals surface area contributed by atoms with Crippen LogP contribution in [0.2, 0.25) is 0 Å². The summed E-state index contributed by atoms with van der Waals surface area (Å²) in [6.45, 7) is 0. The molecule has 3 aromatic carbocycles. The van der Waals surface area contributed by atoms with Crippen LogP contribution in [0.25, 0.3) is 21.8 Å². The minimum atomic E-state index is 0.0744. The van der Waals surface area contributed by atoms with E-state index in [2.05, 4.69) is 3.97 Å². The molecule has 0 aliphatic heterocycles. The third-order valence-corrected chi connectivity index (χ3v) is 4.87. The summed E-state index contributed by atoms with van der Waals surface area (Å²) in [6, 6.07) is 23.2. The second-order valence-electron chi connectivity index (χ2n) is 5.32. The minimum absolute atomic E-state index is 0.0744. The summed E-state index contributed by atoms with van der Waals surface area (Å²) in [5.74, 6) is 0. The molecule has 0 amide bonds. The van der Waals surface area contributed by atoms with Gasteiger partial charge in [0.25, 0.3) is 0 Å². The highest BCUT2D eigenvalue weighted by Gasteiger charge is 2.11. The van der Waals surface area contributed by atoms with Crippen molar-refractivity contribution in [1.82, 2.24) is 3.97 Å². The van der Waals surface area contributed by atoms with Gasteiger partial charge in [-0.3, -0.25) is 8.77 Å². The molecule has 3 nitrogen and oxygen atoms in total. The van der Waals surface area contributed by atoms with E-state index in [1.54, 1.807) is 11.9 Å². The van der Waals surface area contributed by atoms with Gasteiger partial charge in [-0.15, -0.1) is 0 Å². The van der Waals surface area contributed by atoms with E-state index in [0.29, 0.717) is 0 Å². The van der Waals surface area contributed by atoms with Crippen LogP contribution < -0.4 is 11.2 Å². The van der Waals surface area contributed by atoms with Crippen molar-refractivity contribution in [3.05, 3.63) is 83.0 Å². The third-order valence-electron chi connectivity index (χ3n) is 3.81. The van der Waals surface area contributed by atoms with Crippen LogP contribution in [-0.2, 0) is 0 Å². The van der Waals surface area contributed by atoms with Crippen LogP contribution in [0.3, 0.4) is 0 Å². The van der Waals surface area contributed by atoms with Gasteiger partial charge in [-0.25, -0.2) is 0 Å². The fraction of sp³-hybridized carbons (Fsp3) is 0. The molecule has 0 saturated carbocycles. The average Bonchev–Trinajstić information content (AvgIpc) is 2.60. The van der Waals surface area contributed by atoms with Crippen molar-refractivity contribution in [1.29, 1.82) is 0 Å². The van der Waals surface area contributed by atoms with Crippen molar-refractivity contribution < 1.29 is 0 Å². The largest absolute Gasteiger partial charge is 0.399 e. The Labute approximate surface area is 137 Å². The number of benzene rings is 3. The van der Waals surface area contributed by atoms with E-state index in [1.165, 1.54) is 0 Å². The van der Waals surface area contributed by atoms with Crippen molar-refractivity contribution in [3.8, 4) is 0 Å². The van der Waals surface area contributed by atoms with Crippen molar-refractivity contribution in [2.24, 2.45) is 0 Å². The Bertz CT molecular complexity index is 1010. The zero-order valence-electron chi connectivity index (χ0n) is 12.3. The van der Waals surface area contributed by atoms with E-state index >= 15 is 0 Å². The summed E-state index contributed by atoms with van der Waals surface area (Å²) in [5, 5.41) is 1.46. The molecule has 4 rings (SSSR count). The maximum atomic E-state index is 12.7. The predicted molar refractivity (Wildman–Crippen MR) is 97.8 cm³/mol. The second-order valence-corrected chi connectivity index (χ2v) is 6.34. The molecule has 4 heteroatoms. The fourth-order valence-corrected chi connectivity index (χ4v) is 3.68. The lowest BCUT2D eigenvalue weighted by Crippen LogP contribution is -2.08. The van der Waals surface area contributed by atoms with E-state index in [4.69, 9.17) is 5.73 Å². The molecule has 0 atom stereocenters. The lowest BCUT2D eigenvalue weighted by Gasteiger charge is -2.14. The number of aromatic nitrogens is 1. The molecular formula is C19H14N2OS. The lowest BCUT2D eigenvalue weighted by molar-refractivity contribution is 1.34. The van der Waals surface area contributed by atoms with Gasteiger partial charge in [-0.05, 0) is 60.5 Å². The summed E-state index contributed by atoms with van der Waals surface area (Å²) in [5.41, 5.74) is 8.41. The standard InChI is InChI=1S/C19H14N2OS/c20-13-9-11-14(12-10-13)23-21-17-7-3-1-5-15(17)19(22)16-6-2-4-8-18(16)21/h1-12H,20H2. The highest BCUT2D eigenvalue weighted by Crippen LogP contribution is 2.29. The summed E-state index contributed by atoms with van der Waals surface area (Å²) in [4.78, 5) is 13.8. The number of rotatable bonds is 2. The van der Waals surface area contributed by atoms with Crippen molar-refractivity contribution in [3.63, 3.8) is 0 Å². The lowest BCUT2D eigenvalue weighted by atomic mass is 10.1. The quantitative estimate of drug-likeness (QED) is 0.443. The zero-order chi connectivity index (χ0) is 15.8. The molecule has 4 aromatic rings. The maximum absolute atomic E-state index is 12.7. The van der Waals surface area contributed by atoms with Crippen molar-refractivity contribution in [2.75, 3.05) is 5.73 Å². The smallest absolute Gasteiger partial charge is 0.197 e. The number of fused-ring (bicyclic) bond motifs is 2. The number of hydrogen-bond donors (Lipinski definition) is 1. The molecule has 0 spiro atoms. The molecule has 0 saturated heterocycles. The van der Waals surface area contributed by atoms with Gasteiger partial charge in [-0.2, -0.15) is 0 Å². The average molecular weight is 318 g/mol. The second kappa shape index (κ2) is 5.48. The summed E-state index contributed by atoms with van der Waals surface area (Å²) < 4.78 is 2.11. The molecule has 0 fully saturated rings. The molecule has 0 radical (unpaired) electrons. The van der Waals surface area contributed by atoms with Gasteiger partial charge >= 0.3 is 0 Å².